The molecule has 0 saturated heterocycles. The van der Waals surface area contributed by atoms with E-state index in [2.05, 4.69) is 0 Å². The van der Waals surface area contributed by atoms with Gasteiger partial charge in [0, 0.05) is 15.5 Å². The number of ketones is 1. The number of halogens is 2. The first-order valence-electron chi connectivity index (χ1n) is 6.80. The van der Waals surface area contributed by atoms with Crippen LogP contribution < -0.4 is 0 Å². The molecule has 2 aromatic carbocycles. The third-order valence-corrected chi connectivity index (χ3v) is 4.41. The van der Waals surface area contributed by atoms with Crippen molar-refractivity contribution in [1.82, 2.24) is 0 Å². The van der Waals surface area contributed by atoms with Crippen molar-refractivity contribution < 1.29 is 9.00 Å². The van der Waals surface area contributed by atoms with Gasteiger partial charge in [0.2, 0.25) is 0 Å². The van der Waals surface area contributed by atoms with Crippen LogP contribution >= 0.6 is 23.2 Å². The number of benzene rings is 2. The van der Waals surface area contributed by atoms with E-state index in [4.69, 9.17) is 23.2 Å². The van der Waals surface area contributed by atoms with Crippen LogP contribution in [0, 0.1) is 0 Å². The molecule has 5 heteroatoms. The minimum absolute atomic E-state index is 0.0474. The summed E-state index contributed by atoms with van der Waals surface area (Å²) in [6.07, 6.45) is 4.82. The fraction of sp³-hybridized carbons (Fsp3) is 0.0556. The van der Waals surface area contributed by atoms with Gasteiger partial charge in [-0.05, 0) is 47.5 Å². The Morgan fingerprint density at radius 2 is 1.35 bits per heavy atom. The van der Waals surface area contributed by atoms with Crippen LogP contribution in [0.25, 0.3) is 12.2 Å². The summed E-state index contributed by atoms with van der Waals surface area (Å²) in [6, 6.07) is 14.3. The van der Waals surface area contributed by atoms with E-state index in [9.17, 15) is 9.00 Å². The van der Waals surface area contributed by atoms with E-state index in [0.29, 0.717) is 10.0 Å². The standard InChI is InChI=1S/C18H14Cl2O2S/c19-16-6-1-14(2-7-16)5-10-18(21)13-23(22)12-11-15-3-8-17(20)9-4-15/h1-12H,13H2/b10-5+,12-11?. The highest BCUT2D eigenvalue weighted by Gasteiger charge is 2.02. The van der Waals surface area contributed by atoms with Crippen LogP contribution in [0.4, 0.5) is 0 Å². The lowest BCUT2D eigenvalue weighted by Gasteiger charge is -1.95. The van der Waals surface area contributed by atoms with Crippen LogP contribution in [-0.2, 0) is 15.6 Å². The molecule has 0 aromatic heterocycles. The van der Waals surface area contributed by atoms with E-state index in [1.165, 1.54) is 11.5 Å². The molecule has 0 aliphatic rings. The van der Waals surface area contributed by atoms with Gasteiger partial charge in [0.25, 0.3) is 0 Å². The van der Waals surface area contributed by atoms with Crippen molar-refractivity contribution in [2.24, 2.45) is 0 Å². The van der Waals surface area contributed by atoms with Gasteiger partial charge in [-0.1, -0.05) is 53.5 Å². The zero-order valence-corrected chi connectivity index (χ0v) is 14.4. The molecule has 0 spiro atoms. The molecular formula is C18H14Cl2O2S. The van der Waals surface area contributed by atoms with E-state index in [0.717, 1.165) is 11.1 Å². The Bertz CT molecular complexity index is 682. The Labute approximate surface area is 147 Å². The van der Waals surface area contributed by atoms with E-state index in [1.54, 1.807) is 36.4 Å². The van der Waals surface area contributed by atoms with Gasteiger partial charge in [-0.25, -0.2) is 0 Å². The van der Waals surface area contributed by atoms with Crippen LogP contribution in [0.15, 0.2) is 60.0 Å². The summed E-state index contributed by atoms with van der Waals surface area (Å²) in [4.78, 5) is 11.8. The Hall–Kier alpha value is -1.68. The fourth-order valence-electron chi connectivity index (χ4n) is 1.73. The van der Waals surface area contributed by atoms with Crippen molar-refractivity contribution in [1.29, 1.82) is 0 Å². The molecule has 0 aliphatic heterocycles. The smallest absolute Gasteiger partial charge is 0.168 e. The molecule has 2 nitrogen and oxygen atoms in total. The van der Waals surface area contributed by atoms with E-state index < -0.39 is 10.8 Å². The molecule has 0 N–H and O–H groups in total. The zero-order valence-electron chi connectivity index (χ0n) is 12.1. The largest absolute Gasteiger partial charge is 0.294 e. The summed E-state index contributed by atoms with van der Waals surface area (Å²) in [5.74, 6) is -0.243. The highest BCUT2D eigenvalue weighted by molar-refractivity contribution is 7.88. The highest BCUT2D eigenvalue weighted by atomic mass is 35.5. The number of carbonyl (C=O) groups is 1. The number of rotatable bonds is 6. The van der Waals surface area contributed by atoms with Gasteiger partial charge in [-0.3, -0.25) is 9.00 Å². The molecule has 0 amide bonds. The minimum atomic E-state index is -1.35. The number of hydrogen-bond acceptors (Lipinski definition) is 2. The number of hydrogen-bond donors (Lipinski definition) is 0. The van der Waals surface area contributed by atoms with Gasteiger partial charge in [0.1, 0.15) is 0 Å². The van der Waals surface area contributed by atoms with Crippen LogP contribution in [0.3, 0.4) is 0 Å². The molecule has 0 aliphatic carbocycles. The normalized spacial score (nSPS) is 12.8. The summed E-state index contributed by atoms with van der Waals surface area (Å²) in [5, 5.41) is 2.80. The first-order valence-corrected chi connectivity index (χ1v) is 8.94. The second kappa shape index (κ2) is 8.82. The molecule has 118 valence electrons. The van der Waals surface area contributed by atoms with Crippen LogP contribution in [-0.4, -0.2) is 15.7 Å². The van der Waals surface area contributed by atoms with Crippen molar-refractivity contribution in [3.63, 3.8) is 0 Å². The maximum absolute atomic E-state index is 11.9. The summed E-state index contributed by atoms with van der Waals surface area (Å²) < 4.78 is 11.9. The monoisotopic (exact) mass is 364 g/mol. The SMILES string of the molecule is O=C(/C=C/c1ccc(Cl)cc1)CS(=O)C=Cc1ccc(Cl)cc1. The zero-order chi connectivity index (χ0) is 16.7. The molecule has 0 heterocycles. The fourth-order valence-corrected chi connectivity index (χ4v) is 2.76. The molecule has 0 radical (unpaired) electrons. The summed E-state index contributed by atoms with van der Waals surface area (Å²) in [7, 11) is -1.35. The number of allylic oxidation sites excluding steroid dienone is 1. The average Bonchev–Trinajstić information content (AvgIpc) is 2.54. The Morgan fingerprint density at radius 3 is 1.87 bits per heavy atom. The Kier molecular flexibility index (Phi) is 6.78. The minimum Gasteiger partial charge on any atom is -0.294 e. The summed E-state index contributed by atoms with van der Waals surface area (Å²) in [6.45, 7) is 0. The molecule has 1 unspecified atom stereocenters. The maximum Gasteiger partial charge on any atom is 0.168 e. The van der Waals surface area contributed by atoms with Crippen molar-refractivity contribution in [3.8, 4) is 0 Å². The van der Waals surface area contributed by atoms with Crippen molar-refractivity contribution in [2.75, 3.05) is 5.75 Å². The second-order valence-corrected chi connectivity index (χ2v) is 6.93. The van der Waals surface area contributed by atoms with Gasteiger partial charge in [0.05, 0.1) is 16.6 Å². The molecule has 2 aromatic rings. The molecule has 0 fully saturated rings. The molecular weight excluding hydrogens is 351 g/mol. The van der Waals surface area contributed by atoms with Crippen LogP contribution in [0.1, 0.15) is 11.1 Å². The van der Waals surface area contributed by atoms with Crippen LogP contribution in [0.5, 0.6) is 0 Å². The van der Waals surface area contributed by atoms with E-state index in [1.807, 2.05) is 24.3 Å². The number of carbonyl (C=O) groups excluding carboxylic acids is 1. The third kappa shape index (κ3) is 6.53. The Morgan fingerprint density at radius 1 is 0.870 bits per heavy atom. The first kappa shape index (κ1) is 17.7. The molecule has 0 saturated carbocycles. The summed E-state index contributed by atoms with van der Waals surface area (Å²) >= 11 is 11.6. The van der Waals surface area contributed by atoms with E-state index in [-0.39, 0.29) is 11.5 Å². The molecule has 2 rings (SSSR count). The average molecular weight is 365 g/mol. The van der Waals surface area contributed by atoms with Crippen molar-refractivity contribution >= 4 is 51.9 Å². The van der Waals surface area contributed by atoms with Crippen molar-refractivity contribution in [3.05, 3.63) is 81.2 Å². The highest BCUT2D eigenvalue weighted by Crippen LogP contribution is 2.12. The van der Waals surface area contributed by atoms with Gasteiger partial charge in [-0.15, -0.1) is 0 Å². The first-order chi connectivity index (χ1) is 11.0. The summed E-state index contributed by atoms with van der Waals surface area (Å²) in [5.41, 5.74) is 1.75. The predicted molar refractivity (Wildman–Crippen MR) is 99.0 cm³/mol. The lowest BCUT2D eigenvalue weighted by Crippen LogP contribution is -2.05. The van der Waals surface area contributed by atoms with Gasteiger partial charge < -0.3 is 0 Å². The third-order valence-electron chi connectivity index (χ3n) is 2.90. The topological polar surface area (TPSA) is 34.1 Å². The van der Waals surface area contributed by atoms with Gasteiger partial charge >= 0.3 is 0 Å². The maximum atomic E-state index is 11.9. The predicted octanol–water partition coefficient (Wildman–Crippen LogP) is 5.00. The molecule has 23 heavy (non-hydrogen) atoms. The van der Waals surface area contributed by atoms with E-state index >= 15 is 0 Å². The van der Waals surface area contributed by atoms with Crippen molar-refractivity contribution in [2.45, 2.75) is 0 Å². The lowest BCUT2D eigenvalue weighted by molar-refractivity contribution is -0.112. The Balaban J connectivity index is 1.88. The lowest BCUT2D eigenvalue weighted by atomic mass is 10.2. The van der Waals surface area contributed by atoms with Gasteiger partial charge in [0.15, 0.2) is 5.78 Å². The van der Waals surface area contributed by atoms with Gasteiger partial charge in [-0.2, -0.15) is 0 Å². The molecule has 1 atom stereocenters. The van der Waals surface area contributed by atoms with Crippen LogP contribution in [0.2, 0.25) is 10.0 Å². The quantitative estimate of drug-likeness (QED) is 0.676. The molecule has 0 bridgehead atoms. The second-order valence-electron chi connectivity index (χ2n) is 4.73.